The van der Waals surface area contributed by atoms with Gasteiger partial charge in [-0.05, 0) is 49.4 Å². The summed E-state index contributed by atoms with van der Waals surface area (Å²) in [6.07, 6.45) is 1.47. The third-order valence-corrected chi connectivity index (χ3v) is 3.92. The molecule has 0 aliphatic carbocycles. The van der Waals surface area contributed by atoms with Gasteiger partial charge in [0, 0.05) is 6.42 Å². The molecule has 1 unspecified atom stereocenters. The summed E-state index contributed by atoms with van der Waals surface area (Å²) in [4.78, 5) is 12.1. The number of benzene rings is 1. The molecule has 1 aliphatic heterocycles. The molecule has 0 bridgehead atoms. The van der Waals surface area contributed by atoms with Crippen molar-refractivity contribution in [3.63, 3.8) is 0 Å². The van der Waals surface area contributed by atoms with Gasteiger partial charge in [0.05, 0.1) is 17.2 Å². The molecule has 0 spiro atoms. The topological polar surface area (TPSA) is 50.1 Å². The highest BCUT2D eigenvalue weighted by atomic mass is 16.5. The van der Waals surface area contributed by atoms with Crippen LogP contribution in [0, 0.1) is 32.1 Å². The molecule has 0 fully saturated rings. The first-order valence-corrected chi connectivity index (χ1v) is 6.24. The van der Waals surface area contributed by atoms with Crippen molar-refractivity contribution in [3.05, 3.63) is 33.4 Å². The van der Waals surface area contributed by atoms with Gasteiger partial charge in [-0.3, -0.25) is 0 Å². The number of hydrogen-bond acceptors (Lipinski definition) is 3. The van der Waals surface area contributed by atoms with Crippen LogP contribution in [0.4, 0.5) is 0 Å². The van der Waals surface area contributed by atoms with E-state index in [1.165, 1.54) is 0 Å². The van der Waals surface area contributed by atoms with Gasteiger partial charge < -0.3 is 4.74 Å². The quantitative estimate of drug-likeness (QED) is 0.712. The third-order valence-electron chi connectivity index (χ3n) is 3.92. The highest BCUT2D eigenvalue weighted by Gasteiger charge is 2.30. The van der Waals surface area contributed by atoms with Crippen LogP contribution in [-0.4, -0.2) is 12.1 Å². The van der Waals surface area contributed by atoms with E-state index in [2.05, 4.69) is 6.07 Å². The van der Waals surface area contributed by atoms with Gasteiger partial charge in [0.2, 0.25) is 0 Å². The maximum absolute atomic E-state index is 12.1. The molecule has 1 aliphatic rings. The standard InChI is InChI=1S/C15H17NO2/c1-5-11-6-12-10(4)13(7-16)8(2)9(3)14(12)15(17)18-11/h11H,5-6H2,1-4H3. The first-order valence-electron chi connectivity index (χ1n) is 6.24. The number of carbonyl (C=O) groups excluding carboxylic acids is 1. The minimum absolute atomic E-state index is 0.0580. The van der Waals surface area contributed by atoms with Crippen LogP contribution in [0.5, 0.6) is 0 Å². The SMILES string of the molecule is CCC1Cc2c(C)c(C#N)c(C)c(C)c2C(=O)O1. The van der Waals surface area contributed by atoms with Crippen molar-refractivity contribution in [1.29, 1.82) is 5.26 Å². The molecule has 18 heavy (non-hydrogen) atoms. The summed E-state index contributed by atoms with van der Waals surface area (Å²) in [5.74, 6) is -0.240. The highest BCUT2D eigenvalue weighted by molar-refractivity contribution is 5.95. The number of fused-ring (bicyclic) bond motifs is 1. The molecule has 0 amide bonds. The predicted molar refractivity (Wildman–Crippen MR) is 68.6 cm³/mol. The van der Waals surface area contributed by atoms with Crippen LogP contribution in [-0.2, 0) is 11.2 Å². The van der Waals surface area contributed by atoms with Crippen molar-refractivity contribution < 1.29 is 9.53 Å². The van der Waals surface area contributed by atoms with E-state index in [1.807, 2.05) is 27.7 Å². The summed E-state index contributed by atoms with van der Waals surface area (Å²) in [6.45, 7) is 7.71. The predicted octanol–water partition coefficient (Wildman–Crippen LogP) is 2.98. The van der Waals surface area contributed by atoms with Crippen LogP contribution in [0.3, 0.4) is 0 Å². The first kappa shape index (κ1) is 12.6. The molecular formula is C15H17NO2. The summed E-state index contributed by atoms with van der Waals surface area (Å²) in [5.41, 5.74) is 5.08. The fraction of sp³-hybridized carbons (Fsp3) is 0.467. The Morgan fingerprint density at radius 1 is 1.28 bits per heavy atom. The Morgan fingerprint density at radius 3 is 2.50 bits per heavy atom. The van der Waals surface area contributed by atoms with Crippen LogP contribution in [0.1, 0.15) is 51.5 Å². The fourth-order valence-electron chi connectivity index (χ4n) is 2.63. The number of carbonyl (C=O) groups is 1. The largest absolute Gasteiger partial charge is 0.458 e. The normalized spacial score (nSPS) is 17.9. The number of rotatable bonds is 1. The van der Waals surface area contributed by atoms with Gasteiger partial charge in [-0.25, -0.2) is 4.79 Å². The van der Waals surface area contributed by atoms with Crippen LogP contribution in [0.2, 0.25) is 0 Å². The van der Waals surface area contributed by atoms with Crippen molar-refractivity contribution in [1.82, 2.24) is 0 Å². The summed E-state index contributed by atoms with van der Waals surface area (Å²) < 4.78 is 5.40. The Labute approximate surface area is 107 Å². The summed E-state index contributed by atoms with van der Waals surface area (Å²) in [7, 11) is 0. The molecule has 1 aromatic carbocycles. The molecule has 0 aromatic heterocycles. The monoisotopic (exact) mass is 243 g/mol. The molecule has 1 heterocycles. The molecule has 0 radical (unpaired) electrons. The van der Waals surface area contributed by atoms with Crippen molar-refractivity contribution in [2.24, 2.45) is 0 Å². The zero-order valence-electron chi connectivity index (χ0n) is 11.3. The van der Waals surface area contributed by atoms with E-state index in [0.29, 0.717) is 11.1 Å². The Balaban J connectivity index is 2.73. The molecule has 94 valence electrons. The van der Waals surface area contributed by atoms with Gasteiger partial charge in [-0.2, -0.15) is 5.26 Å². The van der Waals surface area contributed by atoms with E-state index in [1.54, 1.807) is 0 Å². The van der Waals surface area contributed by atoms with Crippen LogP contribution >= 0.6 is 0 Å². The molecule has 3 nitrogen and oxygen atoms in total. The maximum atomic E-state index is 12.1. The van der Waals surface area contributed by atoms with Crippen molar-refractivity contribution >= 4 is 5.97 Å². The summed E-state index contributed by atoms with van der Waals surface area (Å²) in [6, 6.07) is 2.25. The Kier molecular flexibility index (Phi) is 3.13. The number of ether oxygens (including phenoxy) is 1. The van der Waals surface area contributed by atoms with Crippen LogP contribution in [0.15, 0.2) is 0 Å². The zero-order chi connectivity index (χ0) is 13.4. The van der Waals surface area contributed by atoms with E-state index in [9.17, 15) is 10.1 Å². The highest BCUT2D eigenvalue weighted by Crippen LogP contribution is 2.32. The van der Waals surface area contributed by atoms with Crippen LogP contribution < -0.4 is 0 Å². The lowest BCUT2D eigenvalue weighted by Gasteiger charge is -2.28. The van der Waals surface area contributed by atoms with E-state index >= 15 is 0 Å². The number of nitriles is 1. The van der Waals surface area contributed by atoms with Crippen molar-refractivity contribution in [2.45, 2.75) is 46.6 Å². The van der Waals surface area contributed by atoms with Gasteiger partial charge in [-0.1, -0.05) is 6.92 Å². The molecule has 1 aromatic rings. The molecule has 0 saturated carbocycles. The third kappa shape index (κ3) is 1.69. The van der Waals surface area contributed by atoms with Gasteiger partial charge >= 0.3 is 5.97 Å². The summed E-state index contributed by atoms with van der Waals surface area (Å²) >= 11 is 0. The second kappa shape index (κ2) is 4.45. The molecule has 0 saturated heterocycles. The Morgan fingerprint density at radius 2 is 1.94 bits per heavy atom. The average Bonchev–Trinajstić information content (AvgIpc) is 2.36. The van der Waals surface area contributed by atoms with Crippen molar-refractivity contribution in [2.75, 3.05) is 0 Å². The lowest BCUT2D eigenvalue weighted by Crippen LogP contribution is -2.29. The zero-order valence-corrected chi connectivity index (χ0v) is 11.3. The van der Waals surface area contributed by atoms with Gasteiger partial charge in [0.1, 0.15) is 6.10 Å². The molecule has 0 N–H and O–H groups in total. The number of cyclic esters (lactones) is 1. The second-order valence-electron chi connectivity index (χ2n) is 4.86. The minimum Gasteiger partial charge on any atom is -0.458 e. The summed E-state index contributed by atoms with van der Waals surface area (Å²) in [5, 5.41) is 9.25. The smallest absolute Gasteiger partial charge is 0.338 e. The second-order valence-corrected chi connectivity index (χ2v) is 4.86. The van der Waals surface area contributed by atoms with E-state index in [-0.39, 0.29) is 12.1 Å². The lowest BCUT2D eigenvalue weighted by molar-refractivity contribution is 0.0247. The van der Waals surface area contributed by atoms with Gasteiger partial charge in [0.25, 0.3) is 0 Å². The Bertz CT molecular complexity index is 567. The lowest BCUT2D eigenvalue weighted by atomic mass is 9.84. The molecule has 3 heteroatoms. The van der Waals surface area contributed by atoms with Gasteiger partial charge in [-0.15, -0.1) is 0 Å². The fourth-order valence-corrected chi connectivity index (χ4v) is 2.63. The van der Waals surface area contributed by atoms with Crippen LogP contribution in [0.25, 0.3) is 0 Å². The van der Waals surface area contributed by atoms with E-state index in [0.717, 1.165) is 35.1 Å². The average molecular weight is 243 g/mol. The number of esters is 1. The minimum atomic E-state index is -0.240. The van der Waals surface area contributed by atoms with Gasteiger partial charge in [0.15, 0.2) is 0 Å². The number of nitrogens with zero attached hydrogens (tertiary/aromatic N) is 1. The van der Waals surface area contributed by atoms with Crippen molar-refractivity contribution in [3.8, 4) is 6.07 Å². The first-order chi connectivity index (χ1) is 8.51. The van der Waals surface area contributed by atoms with E-state index < -0.39 is 0 Å². The molecule has 1 atom stereocenters. The maximum Gasteiger partial charge on any atom is 0.338 e. The van der Waals surface area contributed by atoms with E-state index in [4.69, 9.17) is 4.74 Å². The Hall–Kier alpha value is -1.82. The number of hydrogen-bond donors (Lipinski definition) is 0. The molecule has 2 rings (SSSR count). The molecular weight excluding hydrogens is 226 g/mol.